The van der Waals surface area contributed by atoms with Crippen LogP contribution in [-0.4, -0.2) is 36.7 Å². The molecule has 2 aliphatic heterocycles. The lowest BCUT2D eigenvalue weighted by Crippen LogP contribution is -2.38. The van der Waals surface area contributed by atoms with Gasteiger partial charge in [-0.3, -0.25) is 14.7 Å². The van der Waals surface area contributed by atoms with E-state index in [9.17, 15) is 4.79 Å². The van der Waals surface area contributed by atoms with E-state index in [4.69, 9.17) is 5.11 Å². The number of guanidine groups is 1. The number of aliphatic imine (C=N–C) groups is 1. The lowest BCUT2D eigenvalue weighted by Gasteiger charge is -2.16. The van der Waals surface area contributed by atoms with Crippen LogP contribution >= 0.6 is 12.4 Å². The van der Waals surface area contributed by atoms with Crippen molar-refractivity contribution in [1.29, 1.82) is 0 Å². The van der Waals surface area contributed by atoms with Crippen molar-refractivity contribution in [3.63, 3.8) is 0 Å². The highest BCUT2D eigenvalue weighted by molar-refractivity contribution is 6.18. The third-order valence-corrected chi connectivity index (χ3v) is 2.82. The Morgan fingerprint density at radius 1 is 1.35 bits per heavy atom. The molecule has 6 heteroatoms. The monoisotopic (exact) mass is 253 g/mol. The molecule has 1 aromatic carbocycles. The first-order valence-corrected chi connectivity index (χ1v) is 5.18. The van der Waals surface area contributed by atoms with Gasteiger partial charge in [0.2, 0.25) is 5.96 Å². The van der Waals surface area contributed by atoms with Crippen LogP contribution in [0.2, 0.25) is 0 Å². The number of carboxylic acids is 1. The first kappa shape index (κ1) is 11.7. The summed E-state index contributed by atoms with van der Waals surface area (Å²) in [7, 11) is 0. The number of nitrogens with zero attached hydrogens (tertiary/aromatic N) is 3. The molecule has 0 saturated heterocycles. The van der Waals surface area contributed by atoms with Gasteiger partial charge in [-0.25, -0.2) is 0 Å². The first-order chi connectivity index (χ1) is 7.77. The Morgan fingerprint density at radius 3 is 2.76 bits per heavy atom. The van der Waals surface area contributed by atoms with E-state index in [2.05, 4.69) is 9.89 Å². The molecule has 0 bridgehead atoms. The van der Waals surface area contributed by atoms with Gasteiger partial charge in [-0.05, 0) is 12.1 Å². The summed E-state index contributed by atoms with van der Waals surface area (Å²) in [6.45, 7) is 1.54. The van der Waals surface area contributed by atoms with Gasteiger partial charge < -0.3 is 10.0 Å². The Labute approximate surface area is 105 Å². The normalized spacial score (nSPS) is 16.1. The minimum absolute atomic E-state index is 0. The Morgan fingerprint density at radius 2 is 2.06 bits per heavy atom. The maximum Gasteiger partial charge on any atom is 0.323 e. The number of hydrogen-bond donors (Lipinski definition) is 1. The molecule has 0 aliphatic carbocycles. The molecule has 0 saturated carbocycles. The molecule has 0 fully saturated rings. The lowest BCUT2D eigenvalue weighted by atomic mass is 10.2. The van der Waals surface area contributed by atoms with Gasteiger partial charge in [-0.1, -0.05) is 12.1 Å². The van der Waals surface area contributed by atoms with E-state index in [1.165, 1.54) is 0 Å². The molecular formula is C11H12ClN3O2. The number of aliphatic carboxylic acids is 1. The van der Waals surface area contributed by atoms with E-state index in [1.807, 2.05) is 24.3 Å². The molecule has 2 aliphatic rings. The maximum absolute atomic E-state index is 10.8. The van der Waals surface area contributed by atoms with Crippen LogP contribution in [0.3, 0.4) is 0 Å². The van der Waals surface area contributed by atoms with Crippen molar-refractivity contribution in [3.8, 4) is 0 Å². The zero-order valence-corrected chi connectivity index (χ0v) is 9.85. The van der Waals surface area contributed by atoms with Gasteiger partial charge in [0.1, 0.15) is 6.54 Å². The fourth-order valence-corrected chi connectivity index (χ4v) is 2.21. The number of anilines is 2. The third kappa shape index (κ3) is 1.72. The second kappa shape index (κ2) is 4.25. The molecule has 0 spiro atoms. The molecule has 1 N–H and O–H groups in total. The first-order valence-electron chi connectivity index (χ1n) is 5.18. The highest BCUT2D eigenvalue weighted by Gasteiger charge is 2.35. The van der Waals surface area contributed by atoms with Crippen LogP contribution in [-0.2, 0) is 4.79 Å². The molecule has 0 radical (unpaired) electrons. The van der Waals surface area contributed by atoms with Gasteiger partial charge in [0.25, 0.3) is 0 Å². The molecule has 90 valence electrons. The molecule has 1 aromatic rings. The Hall–Kier alpha value is -1.75. The number of halogens is 1. The maximum atomic E-state index is 10.8. The molecule has 0 unspecified atom stereocenters. The predicted molar refractivity (Wildman–Crippen MR) is 68.3 cm³/mol. The average molecular weight is 254 g/mol. The van der Waals surface area contributed by atoms with Gasteiger partial charge in [0.05, 0.1) is 17.9 Å². The van der Waals surface area contributed by atoms with Crippen molar-refractivity contribution in [2.75, 3.05) is 29.4 Å². The van der Waals surface area contributed by atoms with Crippen LogP contribution in [0.5, 0.6) is 0 Å². The van der Waals surface area contributed by atoms with Crippen LogP contribution < -0.4 is 9.80 Å². The zero-order valence-electron chi connectivity index (χ0n) is 9.04. The van der Waals surface area contributed by atoms with Gasteiger partial charge in [-0.2, -0.15) is 0 Å². The van der Waals surface area contributed by atoms with Gasteiger partial charge in [-0.15, -0.1) is 12.4 Å². The summed E-state index contributed by atoms with van der Waals surface area (Å²) in [4.78, 5) is 19.0. The minimum Gasteiger partial charge on any atom is -0.480 e. The highest BCUT2D eigenvalue weighted by Crippen LogP contribution is 2.37. The number of carbonyl (C=O) groups is 1. The standard InChI is InChI=1S/C11H11N3O2.ClH/c15-10(16)7-14-9-4-2-1-3-8(9)13-6-5-12-11(13)14;/h1-4H,5-7H2,(H,15,16);1H. The summed E-state index contributed by atoms with van der Waals surface area (Å²) in [5.74, 6) is -0.0742. The quantitative estimate of drug-likeness (QED) is 0.860. The minimum atomic E-state index is -0.841. The van der Waals surface area contributed by atoms with Crippen molar-refractivity contribution in [1.82, 2.24) is 0 Å². The van der Waals surface area contributed by atoms with Crippen molar-refractivity contribution >= 4 is 35.7 Å². The third-order valence-electron chi connectivity index (χ3n) is 2.82. The summed E-state index contributed by atoms with van der Waals surface area (Å²) in [6, 6.07) is 7.80. The van der Waals surface area contributed by atoms with E-state index in [-0.39, 0.29) is 19.0 Å². The molecule has 17 heavy (non-hydrogen) atoms. The molecule has 0 aromatic heterocycles. The number of fused-ring (bicyclic) bond motifs is 3. The average Bonchev–Trinajstić information content (AvgIpc) is 2.82. The summed E-state index contributed by atoms with van der Waals surface area (Å²) in [5, 5.41) is 8.90. The second-order valence-electron chi connectivity index (χ2n) is 3.80. The van der Waals surface area contributed by atoms with Crippen molar-refractivity contribution in [2.24, 2.45) is 4.99 Å². The molecule has 0 amide bonds. The van der Waals surface area contributed by atoms with E-state index in [0.29, 0.717) is 0 Å². The fourth-order valence-electron chi connectivity index (χ4n) is 2.21. The van der Waals surface area contributed by atoms with Gasteiger partial charge in [0.15, 0.2) is 0 Å². The largest absolute Gasteiger partial charge is 0.480 e. The molecule has 3 rings (SSSR count). The summed E-state index contributed by atoms with van der Waals surface area (Å²) >= 11 is 0. The van der Waals surface area contributed by atoms with E-state index < -0.39 is 5.97 Å². The fraction of sp³-hybridized carbons (Fsp3) is 0.273. The summed E-state index contributed by atoms with van der Waals surface area (Å²) in [5.41, 5.74) is 1.99. The lowest BCUT2D eigenvalue weighted by molar-refractivity contribution is -0.135. The smallest absolute Gasteiger partial charge is 0.323 e. The summed E-state index contributed by atoms with van der Waals surface area (Å²) < 4.78 is 0. The van der Waals surface area contributed by atoms with Gasteiger partial charge >= 0.3 is 5.97 Å². The number of para-hydroxylation sites is 2. The van der Waals surface area contributed by atoms with Crippen molar-refractivity contribution in [3.05, 3.63) is 24.3 Å². The Balaban J connectivity index is 0.00000108. The van der Waals surface area contributed by atoms with Crippen LogP contribution in [0.15, 0.2) is 29.3 Å². The van der Waals surface area contributed by atoms with Gasteiger partial charge in [0, 0.05) is 6.54 Å². The number of hydrogen-bond acceptors (Lipinski definition) is 4. The molecule has 0 atom stereocenters. The number of rotatable bonds is 2. The topological polar surface area (TPSA) is 56.1 Å². The van der Waals surface area contributed by atoms with E-state index in [1.54, 1.807) is 4.90 Å². The molecule has 5 nitrogen and oxygen atoms in total. The van der Waals surface area contributed by atoms with E-state index in [0.717, 1.165) is 30.4 Å². The van der Waals surface area contributed by atoms with Crippen molar-refractivity contribution < 1.29 is 9.90 Å². The van der Waals surface area contributed by atoms with Crippen molar-refractivity contribution in [2.45, 2.75) is 0 Å². The predicted octanol–water partition coefficient (Wildman–Crippen LogP) is 1.19. The Bertz CT molecular complexity index is 489. The van der Waals surface area contributed by atoms with Crippen LogP contribution in [0.4, 0.5) is 11.4 Å². The summed E-state index contributed by atoms with van der Waals surface area (Å²) in [6.07, 6.45) is 0. The number of carboxylic acid groups (broad SMARTS) is 1. The second-order valence-corrected chi connectivity index (χ2v) is 3.80. The number of benzene rings is 1. The molecular weight excluding hydrogens is 242 g/mol. The van der Waals surface area contributed by atoms with Crippen LogP contribution in [0, 0.1) is 0 Å². The van der Waals surface area contributed by atoms with Crippen LogP contribution in [0.25, 0.3) is 0 Å². The van der Waals surface area contributed by atoms with Crippen LogP contribution in [0.1, 0.15) is 0 Å². The van der Waals surface area contributed by atoms with E-state index >= 15 is 0 Å². The SMILES string of the molecule is Cl.O=C(O)CN1C2=NCCN2c2ccccc21. The molecule has 2 heterocycles. The Kier molecular flexibility index (Phi) is 2.93. The highest BCUT2D eigenvalue weighted by atomic mass is 35.5. The zero-order chi connectivity index (χ0) is 11.1.